The second-order valence-corrected chi connectivity index (χ2v) is 6.42. The maximum Gasteiger partial charge on any atom is 0.308 e. The zero-order valence-electron chi connectivity index (χ0n) is 10.6. The van der Waals surface area contributed by atoms with E-state index in [1.54, 1.807) is 0 Å². The molecule has 0 spiro atoms. The Balaban J connectivity index is 2.33. The van der Waals surface area contributed by atoms with E-state index in [4.69, 9.17) is 9.29 Å². The highest BCUT2D eigenvalue weighted by atomic mass is 32.2. The predicted octanol–water partition coefficient (Wildman–Crippen LogP) is 2.17. The predicted molar refractivity (Wildman–Crippen MR) is 67.8 cm³/mol. The first kappa shape index (κ1) is 15.4. The third-order valence-corrected chi connectivity index (χ3v) is 3.96. The zero-order valence-corrected chi connectivity index (χ0v) is 11.5. The molecular weight excluding hydrogens is 256 g/mol. The second-order valence-electron chi connectivity index (χ2n) is 4.85. The van der Waals surface area contributed by atoms with Crippen LogP contribution in [-0.4, -0.2) is 31.3 Å². The van der Waals surface area contributed by atoms with Crippen molar-refractivity contribution in [3.8, 4) is 0 Å². The molecule has 0 aromatic carbocycles. The van der Waals surface area contributed by atoms with Crippen LogP contribution in [0.4, 0.5) is 0 Å². The highest BCUT2D eigenvalue weighted by Gasteiger charge is 2.20. The average molecular weight is 278 g/mol. The zero-order chi connectivity index (χ0) is 13.4. The van der Waals surface area contributed by atoms with Crippen LogP contribution >= 0.6 is 0 Å². The van der Waals surface area contributed by atoms with Crippen molar-refractivity contribution in [3.63, 3.8) is 0 Å². The lowest BCUT2D eigenvalue weighted by atomic mass is 9.97. The van der Waals surface area contributed by atoms with Crippen LogP contribution < -0.4 is 0 Å². The van der Waals surface area contributed by atoms with Crippen molar-refractivity contribution in [2.24, 2.45) is 5.92 Å². The molecule has 0 radical (unpaired) electrons. The third kappa shape index (κ3) is 6.96. The number of ether oxygens (including phenoxy) is 1. The first-order valence-electron chi connectivity index (χ1n) is 6.61. The van der Waals surface area contributed by atoms with Crippen molar-refractivity contribution < 1.29 is 22.5 Å². The SMILES string of the molecule is O=C(OCCS(=O)(=O)O)C1CCCCCCCC1. The van der Waals surface area contributed by atoms with Crippen LogP contribution in [0.5, 0.6) is 0 Å². The van der Waals surface area contributed by atoms with Crippen molar-refractivity contribution in [1.29, 1.82) is 0 Å². The Bertz CT molecular complexity index is 339. The fourth-order valence-electron chi connectivity index (χ4n) is 2.23. The van der Waals surface area contributed by atoms with Gasteiger partial charge in [0.25, 0.3) is 10.1 Å². The highest BCUT2D eigenvalue weighted by molar-refractivity contribution is 7.85. The van der Waals surface area contributed by atoms with Crippen LogP contribution in [0.25, 0.3) is 0 Å². The maximum absolute atomic E-state index is 11.8. The van der Waals surface area contributed by atoms with E-state index in [0.717, 1.165) is 38.5 Å². The quantitative estimate of drug-likeness (QED) is 0.629. The standard InChI is InChI=1S/C12H22O5S/c13-12(17-9-10-18(14,15)16)11-7-5-3-1-2-4-6-8-11/h11H,1-10H2,(H,14,15,16). The van der Waals surface area contributed by atoms with Gasteiger partial charge in [0, 0.05) is 0 Å². The molecule has 6 heteroatoms. The first-order valence-corrected chi connectivity index (χ1v) is 8.22. The van der Waals surface area contributed by atoms with Gasteiger partial charge in [0.05, 0.1) is 5.92 Å². The van der Waals surface area contributed by atoms with Gasteiger partial charge in [-0.05, 0) is 12.8 Å². The molecule has 0 atom stereocenters. The fraction of sp³-hybridized carbons (Fsp3) is 0.917. The molecule has 1 aliphatic carbocycles. The van der Waals surface area contributed by atoms with E-state index in [1.807, 2.05) is 0 Å². The van der Waals surface area contributed by atoms with E-state index in [-0.39, 0.29) is 18.5 Å². The minimum Gasteiger partial charge on any atom is -0.464 e. The number of carbonyl (C=O) groups excluding carboxylic acids is 1. The molecule has 1 aliphatic rings. The molecule has 0 saturated heterocycles. The summed E-state index contributed by atoms with van der Waals surface area (Å²) in [6, 6.07) is 0. The van der Waals surface area contributed by atoms with E-state index in [0.29, 0.717) is 0 Å². The molecular formula is C12H22O5S. The van der Waals surface area contributed by atoms with Gasteiger partial charge in [-0.3, -0.25) is 9.35 Å². The Morgan fingerprint density at radius 1 is 1.06 bits per heavy atom. The van der Waals surface area contributed by atoms with Crippen molar-refractivity contribution in [1.82, 2.24) is 0 Å². The molecule has 1 rings (SSSR count). The first-order chi connectivity index (χ1) is 8.49. The summed E-state index contributed by atoms with van der Waals surface area (Å²) in [4.78, 5) is 11.8. The maximum atomic E-state index is 11.8. The van der Waals surface area contributed by atoms with Crippen LogP contribution in [-0.2, 0) is 19.6 Å². The van der Waals surface area contributed by atoms with Crippen LogP contribution in [0, 0.1) is 5.92 Å². The summed E-state index contributed by atoms with van der Waals surface area (Å²) in [6.45, 7) is -0.256. The van der Waals surface area contributed by atoms with Gasteiger partial charge in [0.2, 0.25) is 0 Å². The number of esters is 1. The van der Waals surface area contributed by atoms with Crippen molar-refractivity contribution in [2.75, 3.05) is 12.4 Å². The Hall–Kier alpha value is -0.620. The van der Waals surface area contributed by atoms with Gasteiger partial charge in [-0.2, -0.15) is 8.42 Å². The molecule has 0 bridgehead atoms. The molecule has 5 nitrogen and oxygen atoms in total. The second kappa shape index (κ2) is 7.74. The summed E-state index contributed by atoms with van der Waals surface area (Å²) in [5.41, 5.74) is 0. The van der Waals surface area contributed by atoms with E-state index in [2.05, 4.69) is 0 Å². The molecule has 0 aromatic rings. The van der Waals surface area contributed by atoms with Crippen molar-refractivity contribution >= 4 is 16.1 Å². The summed E-state index contributed by atoms with van der Waals surface area (Å²) in [6.07, 6.45) is 8.45. The van der Waals surface area contributed by atoms with Gasteiger partial charge in [0.1, 0.15) is 12.4 Å². The van der Waals surface area contributed by atoms with Gasteiger partial charge in [0.15, 0.2) is 0 Å². The Kier molecular flexibility index (Phi) is 6.63. The summed E-state index contributed by atoms with van der Waals surface area (Å²) in [5, 5.41) is 0. The van der Waals surface area contributed by atoms with Gasteiger partial charge in [-0.1, -0.05) is 38.5 Å². The minimum absolute atomic E-state index is 0.107. The van der Waals surface area contributed by atoms with E-state index in [1.165, 1.54) is 12.8 Å². The van der Waals surface area contributed by atoms with E-state index >= 15 is 0 Å². The molecule has 1 saturated carbocycles. The normalized spacial score (nSPS) is 19.6. The molecule has 1 fully saturated rings. The summed E-state index contributed by atoms with van der Waals surface area (Å²) in [7, 11) is -4.05. The Labute approximate surface area is 109 Å². The number of carbonyl (C=O) groups is 1. The van der Waals surface area contributed by atoms with Gasteiger partial charge < -0.3 is 4.74 Å². The monoisotopic (exact) mass is 278 g/mol. The molecule has 0 heterocycles. The molecule has 0 amide bonds. The largest absolute Gasteiger partial charge is 0.464 e. The van der Waals surface area contributed by atoms with Crippen LogP contribution in [0.1, 0.15) is 51.4 Å². The fourth-order valence-corrected chi connectivity index (χ4v) is 2.53. The summed E-state index contributed by atoms with van der Waals surface area (Å²) >= 11 is 0. The number of hydrogen-bond donors (Lipinski definition) is 1. The molecule has 1 N–H and O–H groups in total. The lowest BCUT2D eigenvalue weighted by Gasteiger charge is -2.14. The lowest BCUT2D eigenvalue weighted by molar-refractivity contribution is -0.148. The van der Waals surface area contributed by atoms with Crippen molar-refractivity contribution in [2.45, 2.75) is 51.4 Å². The molecule has 18 heavy (non-hydrogen) atoms. The van der Waals surface area contributed by atoms with E-state index in [9.17, 15) is 13.2 Å². The van der Waals surface area contributed by atoms with Gasteiger partial charge >= 0.3 is 5.97 Å². The highest BCUT2D eigenvalue weighted by Crippen LogP contribution is 2.22. The Morgan fingerprint density at radius 2 is 1.56 bits per heavy atom. The van der Waals surface area contributed by atoms with E-state index < -0.39 is 15.9 Å². The molecule has 106 valence electrons. The van der Waals surface area contributed by atoms with Gasteiger partial charge in [-0.25, -0.2) is 0 Å². The van der Waals surface area contributed by atoms with Crippen LogP contribution in [0.2, 0.25) is 0 Å². The lowest BCUT2D eigenvalue weighted by Crippen LogP contribution is -2.21. The smallest absolute Gasteiger partial charge is 0.308 e. The van der Waals surface area contributed by atoms with Crippen molar-refractivity contribution in [3.05, 3.63) is 0 Å². The third-order valence-electron chi connectivity index (χ3n) is 3.27. The molecule has 0 aromatic heterocycles. The molecule has 0 unspecified atom stereocenters. The van der Waals surface area contributed by atoms with Crippen LogP contribution in [0.15, 0.2) is 0 Å². The Morgan fingerprint density at radius 3 is 2.06 bits per heavy atom. The average Bonchev–Trinajstić information content (AvgIpc) is 2.40. The minimum atomic E-state index is -4.05. The van der Waals surface area contributed by atoms with Gasteiger partial charge in [-0.15, -0.1) is 0 Å². The summed E-state index contributed by atoms with van der Waals surface area (Å²) in [5.74, 6) is -0.948. The molecule has 0 aliphatic heterocycles. The number of hydrogen-bond acceptors (Lipinski definition) is 4. The van der Waals surface area contributed by atoms with Crippen LogP contribution in [0.3, 0.4) is 0 Å². The number of rotatable bonds is 4. The summed E-state index contributed by atoms with van der Waals surface area (Å²) < 4.78 is 34.5. The topological polar surface area (TPSA) is 80.7 Å².